The highest BCUT2D eigenvalue weighted by atomic mass is 16.5. The van der Waals surface area contributed by atoms with E-state index in [1.54, 1.807) is 24.3 Å². The fourth-order valence-corrected chi connectivity index (χ4v) is 1.25. The van der Waals surface area contributed by atoms with Crippen LogP contribution < -0.4 is 9.64 Å². The molecule has 0 aromatic heterocycles. The van der Waals surface area contributed by atoms with Crippen LogP contribution in [0.5, 0.6) is 5.75 Å². The molecule has 0 saturated heterocycles. The molecule has 4 nitrogen and oxygen atoms in total. The van der Waals surface area contributed by atoms with Crippen molar-refractivity contribution in [2.75, 3.05) is 11.4 Å². The van der Waals surface area contributed by atoms with Crippen molar-refractivity contribution in [2.45, 2.75) is 0 Å². The summed E-state index contributed by atoms with van der Waals surface area (Å²) in [4.78, 5) is 22.9. The van der Waals surface area contributed by atoms with E-state index in [0.717, 1.165) is 0 Å². The SMILES string of the molecule is O=CN1CC(=O)Oc2ccccc21. The van der Waals surface area contributed by atoms with Crippen molar-refractivity contribution in [3.63, 3.8) is 0 Å². The summed E-state index contributed by atoms with van der Waals surface area (Å²) in [5.74, 6) is 0.0247. The van der Waals surface area contributed by atoms with Gasteiger partial charge < -0.3 is 9.64 Å². The molecule has 1 heterocycles. The molecule has 4 heteroatoms. The minimum atomic E-state index is -0.411. The molecule has 0 saturated carbocycles. The van der Waals surface area contributed by atoms with Gasteiger partial charge in [0.2, 0.25) is 6.41 Å². The average molecular weight is 177 g/mol. The Kier molecular flexibility index (Phi) is 1.73. The summed E-state index contributed by atoms with van der Waals surface area (Å²) in [6, 6.07) is 6.92. The molecule has 1 aliphatic rings. The zero-order valence-electron chi connectivity index (χ0n) is 6.77. The molecular formula is C9H7NO3. The number of nitrogens with zero attached hydrogens (tertiary/aromatic N) is 1. The molecule has 0 radical (unpaired) electrons. The Hall–Kier alpha value is -1.84. The largest absolute Gasteiger partial charge is 0.423 e. The minimum absolute atomic E-state index is 0.0134. The van der Waals surface area contributed by atoms with Gasteiger partial charge >= 0.3 is 5.97 Å². The molecule has 0 bridgehead atoms. The van der Waals surface area contributed by atoms with E-state index in [4.69, 9.17) is 4.74 Å². The van der Waals surface area contributed by atoms with Crippen LogP contribution in [-0.4, -0.2) is 18.9 Å². The van der Waals surface area contributed by atoms with E-state index in [1.807, 2.05) is 0 Å². The zero-order valence-corrected chi connectivity index (χ0v) is 6.77. The number of carbonyl (C=O) groups excluding carboxylic acids is 2. The van der Waals surface area contributed by atoms with Gasteiger partial charge in [-0.05, 0) is 12.1 Å². The molecular weight excluding hydrogens is 170 g/mol. The fourth-order valence-electron chi connectivity index (χ4n) is 1.25. The average Bonchev–Trinajstić information content (AvgIpc) is 2.16. The number of anilines is 1. The Morgan fingerprint density at radius 3 is 2.92 bits per heavy atom. The first-order chi connectivity index (χ1) is 6.31. The monoisotopic (exact) mass is 177 g/mol. The van der Waals surface area contributed by atoms with Crippen LogP contribution in [0.25, 0.3) is 0 Å². The van der Waals surface area contributed by atoms with Crippen molar-refractivity contribution in [3.8, 4) is 5.75 Å². The predicted octanol–water partition coefficient (Wildman–Crippen LogP) is 0.568. The van der Waals surface area contributed by atoms with Gasteiger partial charge in [0.15, 0.2) is 5.75 Å². The van der Waals surface area contributed by atoms with E-state index in [2.05, 4.69) is 0 Å². The van der Waals surface area contributed by atoms with Gasteiger partial charge in [0.05, 0.1) is 5.69 Å². The molecule has 1 aromatic rings. The second kappa shape index (κ2) is 2.90. The van der Waals surface area contributed by atoms with Crippen LogP contribution in [-0.2, 0) is 9.59 Å². The number of ether oxygens (including phenoxy) is 1. The van der Waals surface area contributed by atoms with Gasteiger partial charge in [-0.3, -0.25) is 4.79 Å². The molecule has 1 amide bonds. The number of hydrogen-bond acceptors (Lipinski definition) is 3. The molecule has 0 aliphatic carbocycles. The van der Waals surface area contributed by atoms with Crippen molar-refractivity contribution in [1.29, 1.82) is 0 Å². The highest BCUT2D eigenvalue weighted by molar-refractivity contribution is 5.92. The van der Waals surface area contributed by atoms with Crippen LogP contribution in [0.3, 0.4) is 0 Å². The summed E-state index contributed by atoms with van der Waals surface area (Å²) in [6.07, 6.45) is 0.624. The lowest BCUT2D eigenvalue weighted by Crippen LogP contribution is -2.35. The summed E-state index contributed by atoms with van der Waals surface area (Å²) in [6.45, 7) is -0.0134. The lowest BCUT2D eigenvalue weighted by Gasteiger charge is -2.23. The zero-order chi connectivity index (χ0) is 9.26. The number of benzene rings is 1. The number of rotatable bonds is 1. The van der Waals surface area contributed by atoms with Crippen molar-refractivity contribution in [1.82, 2.24) is 0 Å². The third-order valence-electron chi connectivity index (χ3n) is 1.83. The Morgan fingerprint density at radius 2 is 2.15 bits per heavy atom. The Labute approximate surface area is 74.7 Å². The van der Waals surface area contributed by atoms with Crippen LogP contribution in [0.15, 0.2) is 24.3 Å². The number of hydrogen-bond donors (Lipinski definition) is 0. The maximum absolute atomic E-state index is 11.0. The molecule has 1 aromatic carbocycles. The summed E-state index contributed by atoms with van der Waals surface area (Å²) in [7, 11) is 0. The van der Waals surface area contributed by atoms with E-state index in [1.165, 1.54) is 4.90 Å². The van der Waals surface area contributed by atoms with Crippen molar-refractivity contribution in [3.05, 3.63) is 24.3 Å². The second-order valence-corrected chi connectivity index (χ2v) is 2.68. The van der Waals surface area contributed by atoms with E-state index in [-0.39, 0.29) is 6.54 Å². The highest BCUT2D eigenvalue weighted by Gasteiger charge is 2.22. The normalized spacial score (nSPS) is 14.8. The van der Waals surface area contributed by atoms with Crippen LogP contribution in [0.1, 0.15) is 0 Å². The van der Waals surface area contributed by atoms with Crippen LogP contribution >= 0.6 is 0 Å². The van der Waals surface area contributed by atoms with Gasteiger partial charge in [-0.1, -0.05) is 12.1 Å². The molecule has 0 atom stereocenters. The maximum Gasteiger partial charge on any atom is 0.331 e. The van der Waals surface area contributed by atoms with Crippen LogP contribution in [0, 0.1) is 0 Å². The first-order valence-electron chi connectivity index (χ1n) is 3.83. The van der Waals surface area contributed by atoms with E-state index >= 15 is 0 Å². The Morgan fingerprint density at radius 1 is 1.38 bits per heavy atom. The Bertz CT molecular complexity index is 362. The second-order valence-electron chi connectivity index (χ2n) is 2.68. The molecule has 0 unspecified atom stereocenters. The summed E-state index contributed by atoms with van der Waals surface area (Å²) in [5, 5.41) is 0. The highest BCUT2D eigenvalue weighted by Crippen LogP contribution is 2.29. The molecule has 1 aliphatic heterocycles. The summed E-state index contributed by atoms with van der Waals surface area (Å²) >= 11 is 0. The standard InChI is InChI=1S/C9H7NO3/c11-6-10-5-9(12)13-8-4-2-1-3-7(8)10/h1-4,6H,5H2. The summed E-state index contributed by atoms with van der Waals surface area (Å²) in [5.41, 5.74) is 0.636. The maximum atomic E-state index is 11.0. The lowest BCUT2D eigenvalue weighted by atomic mass is 10.2. The third kappa shape index (κ3) is 1.26. The van der Waals surface area contributed by atoms with Gasteiger partial charge in [-0.2, -0.15) is 0 Å². The van der Waals surface area contributed by atoms with Crippen LogP contribution in [0.4, 0.5) is 5.69 Å². The van der Waals surface area contributed by atoms with Crippen molar-refractivity contribution >= 4 is 18.1 Å². The fraction of sp³-hybridized carbons (Fsp3) is 0.111. The smallest absolute Gasteiger partial charge is 0.331 e. The molecule has 0 spiro atoms. The van der Waals surface area contributed by atoms with E-state index < -0.39 is 5.97 Å². The van der Waals surface area contributed by atoms with Crippen LogP contribution in [0.2, 0.25) is 0 Å². The number of amides is 1. The molecule has 66 valence electrons. The number of esters is 1. The minimum Gasteiger partial charge on any atom is -0.423 e. The van der Waals surface area contributed by atoms with Gasteiger partial charge in [0, 0.05) is 0 Å². The van der Waals surface area contributed by atoms with Gasteiger partial charge in [0.25, 0.3) is 0 Å². The van der Waals surface area contributed by atoms with E-state index in [9.17, 15) is 9.59 Å². The number of fused-ring (bicyclic) bond motifs is 1. The van der Waals surface area contributed by atoms with Crippen molar-refractivity contribution in [2.24, 2.45) is 0 Å². The Balaban J connectivity index is 2.48. The predicted molar refractivity (Wildman–Crippen MR) is 45.5 cm³/mol. The first kappa shape index (κ1) is 7.79. The van der Waals surface area contributed by atoms with Gasteiger partial charge in [0.1, 0.15) is 6.54 Å². The van der Waals surface area contributed by atoms with Crippen molar-refractivity contribution < 1.29 is 14.3 Å². The molecule has 0 N–H and O–H groups in total. The van der Waals surface area contributed by atoms with E-state index in [0.29, 0.717) is 17.8 Å². The quantitative estimate of drug-likeness (QED) is 0.358. The third-order valence-corrected chi connectivity index (χ3v) is 1.83. The topological polar surface area (TPSA) is 46.6 Å². The first-order valence-corrected chi connectivity index (χ1v) is 3.83. The lowest BCUT2D eigenvalue weighted by molar-refractivity contribution is -0.134. The summed E-state index contributed by atoms with van der Waals surface area (Å²) < 4.78 is 4.92. The number of carbonyl (C=O) groups is 2. The van der Waals surface area contributed by atoms with Gasteiger partial charge in [-0.15, -0.1) is 0 Å². The molecule has 0 fully saturated rings. The van der Waals surface area contributed by atoms with Gasteiger partial charge in [-0.25, -0.2) is 4.79 Å². The molecule has 2 rings (SSSR count). The molecule has 13 heavy (non-hydrogen) atoms. The number of para-hydroxylation sites is 2.